The Labute approximate surface area is 150 Å². The number of nitrogens with zero attached hydrogens (tertiary/aromatic N) is 2. The lowest BCUT2D eigenvalue weighted by Crippen LogP contribution is -2.34. The number of thiophene rings is 1. The van der Waals surface area contributed by atoms with E-state index in [9.17, 15) is 0 Å². The molecule has 2 aromatic heterocycles. The van der Waals surface area contributed by atoms with Crippen LogP contribution in [0.15, 0.2) is 22.7 Å². The maximum Gasteiger partial charge on any atom is 0.268 e. The summed E-state index contributed by atoms with van der Waals surface area (Å²) in [4.78, 5) is 5.62. The lowest BCUT2D eigenvalue weighted by Gasteiger charge is -2.17. The molecule has 0 radical (unpaired) electrons. The fourth-order valence-electron chi connectivity index (χ4n) is 3.28. The molecule has 1 saturated carbocycles. The summed E-state index contributed by atoms with van der Waals surface area (Å²) >= 11 is 1.66. The standard InChI is InChI=1S/C17H19N3O2S.ClH/c1-10-12-9-11(21-2)5-6-13(12)23-14(10)15-19-16(20-22-15)17(18)7-3-4-8-17;/h5-6,9H,3-4,7-8,18H2,1-2H3;1H. The first-order valence-corrected chi connectivity index (χ1v) is 8.63. The predicted octanol–water partition coefficient (Wildman–Crippen LogP) is 4.42. The van der Waals surface area contributed by atoms with E-state index < -0.39 is 5.54 Å². The van der Waals surface area contributed by atoms with Crippen molar-refractivity contribution in [1.29, 1.82) is 0 Å². The molecule has 0 aliphatic heterocycles. The molecule has 0 unspecified atom stereocenters. The molecule has 1 aliphatic rings. The largest absolute Gasteiger partial charge is 0.497 e. The van der Waals surface area contributed by atoms with Crippen LogP contribution in [0.2, 0.25) is 0 Å². The van der Waals surface area contributed by atoms with Gasteiger partial charge < -0.3 is 15.0 Å². The molecule has 24 heavy (non-hydrogen) atoms. The number of methoxy groups -OCH3 is 1. The van der Waals surface area contributed by atoms with Crippen molar-refractivity contribution in [1.82, 2.24) is 10.1 Å². The van der Waals surface area contributed by atoms with Gasteiger partial charge in [0.15, 0.2) is 5.82 Å². The second kappa shape index (κ2) is 6.35. The van der Waals surface area contributed by atoms with Gasteiger partial charge in [-0.15, -0.1) is 23.7 Å². The van der Waals surface area contributed by atoms with Crippen molar-refractivity contribution in [2.75, 3.05) is 7.11 Å². The first-order chi connectivity index (χ1) is 11.1. The Hall–Kier alpha value is -1.63. The van der Waals surface area contributed by atoms with Crippen LogP contribution in [-0.4, -0.2) is 17.3 Å². The Morgan fingerprint density at radius 1 is 1.29 bits per heavy atom. The van der Waals surface area contributed by atoms with Crippen LogP contribution in [0.25, 0.3) is 20.9 Å². The van der Waals surface area contributed by atoms with Crippen molar-refractivity contribution in [3.8, 4) is 16.5 Å². The van der Waals surface area contributed by atoms with Gasteiger partial charge in [-0.3, -0.25) is 0 Å². The SMILES string of the molecule is COc1ccc2sc(-c3nc(C4(N)CCCC4)no3)c(C)c2c1.Cl. The van der Waals surface area contributed by atoms with E-state index >= 15 is 0 Å². The van der Waals surface area contributed by atoms with E-state index in [2.05, 4.69) is 23.1 Å². The van der Waals surface area contributed by atoms with Gasteiger partial charge in [0.05, 0.1) is 17.5 Å². The van der Waals surface area contributed by atoms with Crippen LogP contribution in [0.4, 0.5) is 0 Å². The van der Waals surface area contributed by atoms with E-state index in [4.69, 9.17) is 15.0 Å². The van der Waals surface area contributed by atoms with Crippen LogP contribution in [0.5, 0.6) is 5.75 Å². The highest BCUT2D eigenvalue weighted by atomic mass is 35.5. The molecule has 128 valence electrons. The van der Waals surface area contributed by atoms with E-state index in [1.54, 1.807) is 18.4 Å². The first kappa shape index (κ1) is 17.2. The molecule has 7 heteroatoms. The normalized spacial score (nSPS) is 16.3. The number of ether oxygens (including phenoxy) is 1. The van der Waals surface area contributed by atoms with Gasteiger partial charge in [0, 0.05) is 4.70 Å². The minimum Gasteiger partial charge on any atom is -0.497 e. The first-order valence-electron chi connectivity index (χ1n) is 7.81. The van der Waals surface area contributed by atoms with Gasteiger partial charge in [-0.1, -0.05) is 18.0 Å². The number of hydrogen-bond donors (Lipinski definition) is 1. The predicted molar refractivity (Wildman–Crippen MR) is 98.0 cm³/mol. The van der Waals surface area contributed by atoms with Crippen molar-refractivity contribution in [2.45, 2.75) is 38.1 Å². The summed E-state index contributed by atoms with van der Waals surface area (Å²) < 4.78 is 12.0. The van der Waals surface area contributed by atoms with Crippen molar-refractivity contribution >= 4 is 33.8 Å². The van der Waals surface area contributed by atoms with Gasteiger partial charge in [-0.25, -0.2) is 0 Å². The third kappa shape index (κ3) is 2.68. The monoisotopic (exact) mass is 365 g/mol. The molecule has 0 amide bonds. The number of fused-ring (bicyclic) bond motifs is 1. The van der Waals surface area contributed by atoms with Crippen LogP contribution in [0.3, 0.4) is 0 Å². The molecule has 0 spiro atoms. The smallest absolute Gasteiger partial charge is 0.268 e. The second-order valence-electron chi connectivity index (χ2n) is 6.20. The molecule has 0 saturated heterocycles. The molecule has 4 rings (SSSR count). The minimum atomic E-state index is -0.421. The fraction of sp³-hybridized carbons (Fsp3) is 0.412. The van der Waals surface area contributed by atoms with Crippen LogP contribution in [0, 0.1) is 6.92 Å². The van der Waals surface area contributed by atoms with Crippen LogP contribution < -0.4 is 10.5 Å². The van der Waals surface area contributed by atoms with E-state index in [-0.39, 0.29) is 12.4 Å². The summed E-state index contributed by atoms with van der Waals surface area (Å²) in [6, 6.07) is 6.08. The Morgan fingerprint density at radius 3 is 2.75 bits per heavy atom. The molecule has 0 atom stereocenters. The summed E-state index contributed by atoms with van der Waals surface area (Å²) in [6.07, 6.45) is 4.10. The minimum absolute atomic E-state index is 0. The Balaban J connectivity index is 0.00000169. The van der Waals surface area contributed by atoms with Crippen molar-refractivity contribution in [3.63, 3.8) is 0 Å². The number of rotatable bonds is 3. The molecule has 1 fully saturated rings. The maximum absolute atomic E-state index is 6.42. The van der Waals surface area contributed by atoms with E-state index in [1.165, 1.54) is 4.70 Å². The van der Waals surface area contributed by atoms with E-state index in [0.29, 0.717) is 11.7 Å². The zero-order chi connectivity index (χ0) is 16.0. The van der Waals surface area contributed by atoms with Gasteiger partial charge in [-0.05, 0) is 48.9 Å². The maximum atomic E-state index is 6.42. The van der Waals surface area contributed by atoms with Gasteiger partial charge >= 0.3 is 0 Å². The van der Waals surface area contributed by atoms with Gasteiger partial charge in [0.25, 0.3) is 5.89 Å². The number of hydrogen-bond acceptors (Lipinski definition) is 6. The number of aryl methyl sites for hydroxylation is 1. The van der Waals surface area contributed by atoms with Crippen molar-refractivity contribution < 1.29 is 9.26 Å². The van der Waals surface area contributed by atoms with Crippen LogP contribution in [-0.2, 0) is 5.54 Å². The van der Waals surface area contributed by atoms with Crippen LogP contribution in [0.1, 0.15) is 37.1 Å². The molecule has 2 N–H and O–H groups in total. The summed E-state index contributed by atoms with van der Waals surface area (Å²) in [5, 5.41) is 5.32. The lowest BCUT2D eigenvalue weighted by atomic mass is 9.99. The number of halogens is 1. The zero-order valence-electron chi connectivity index (χ0n) is 13.7. The van der Waals surface area contributed by atoms with Crippen molar-refractivity contribution in [3.05, 3.63) is 29.6 Å². The fourth-order valence-corrected chi connectivity index (χ4v) is 4.39. The Bertz CT molecular complexity index is 868. The molecule has 2 heterocycles. The molecule has 5 nitrogen and oxygen atoms in total. The molecule has 1 aromatic carbocycles. The lowest BCUT2D eigenvalue weighted by molar-refractivity contribution is 0.373. The van der Waals surface area contributed by atoms with Gasteiger partial charge in [-0.2, -0.15) is 4.98 Å². The number of benzene rings is 1. The topological polar surface area (TPSA) is 74.2 Å². The van der Waals surface area contributed by atoms with Crippen LogP contribution >= 0.6 is 23.7 Å². The highest BCUT2D eigenvalue weighted by molar-refractivity contribution is 7.22. The average Bonchev–Trinajstić information content (AvgIpc) is 3.27. The summed E-state index contributed by atoms with van der Waals surface area (Å²) in [6.45, 7) is 2.07. The van der Waals surface area contributed by atoms with Gasteiger partial charge in [0.2, 0.25) is 0 Å². The Morgan fingerprint density at radius 2 is 2.04 bits per heavy atom. The molecule has 1 aliphatic carbocycles. The second-order valence-corrected chi connectivity index (χ2v) is 7.26. The highest BCUT2D eigenvalue weighted by Crippen LogP contribution is 2.40. The summed E-state index contributed by atoms with van der Waals surface area (Å²) in [7, 11) is 1.68. The Kier molecular flexibility index (Phi) is 4.55. The number of nitrogens with two attached hydrogens (primary N) is 1. The van der Waals surface area contributed by atoms with E-state index in [0.717, 1.165) is 47.3 Å². The zero-order valence-corrected chi connectivity index (χ0v) is 15.3. The third-order valence-corrected chi connectivity index (χ3v) is 5.97. The number of aromatic nitrogens is 2. The third-order valence-electron chi connectivity index (χ3n) is 4.70. The molecule has 3 aromatic rings. The van der Waals surface area contributed by atoms with Crippen molar-refractivity contribution in [2.24, 2.45) is 5.73 Å². The molecule has 0 bridgehead atoms. The molecular weight excluding hydrogens is 346 g/mol. The average molecular weight is 366 g/mol. The summed E-state index contributed by atoms with van der Waals surface area (Å²) in [5.74, 6) is 2.05. The molecular formula is C17H20ClN3O2S. The summed E-state index contributed by atoms with van der Waals surface area (Å²) in [5.41, 5.74) is 7.14. The van der Waals surface area contributed by atoms with Gasteiger partial charge in [0.1, 0.15) is 5.75 Å². The van der Waals surface area contributed by atoms with E-state index in [1.807, 2.05) is 12.1 Å². The quantitative estimate of drug-likeness (QED) is 0.743. The highest BCUT2D eigenvalue weighted by Gasteiger charge is 2.36.